The molecule has 0 aromatic heterocycles. The molecule has 0 radical (unpaired) electrons. The van der Waals surface area contributed by atoms with Gasteiger partial charge in [-0.2, -0.15) is 0 Å². The summed E-state index contributed by atoms with van der Waals surface area (Å²) < 4.78 is 30.8. The Hall–Kier alpha value is -2.58. The maximum atomic E-state index is 12.7. The Morgan fingerprint density at radius 3 is 2.34 bits per heavy atom. The van der Waals surface area contributed by atoms with Crippen LogP contribution in [0.5, 0.6) is 0 Å². The number of halogens is 1. The van der Waals surface area contributed by atoms with E-state index in [0.717, 1.165) is 10.6 Å². The molecule has 0 bridgehead atoms. The fraction of sp³-hybridized carbons (Fsp3) is 0.300. The number of hydrogen-bond donors (Lipinski definition) is 1. The maximum Gasteiger partial charge on any atom is 0.338 e. The van der Waals surface area contributed by atoms with E-state index < -0.39 is 27.9 Å². The third-order valence-corrected chi connectivity index (χ3v) is 5.62. The Morgan fingerprint density at radius 2 is 1.79 bits per heavy atom. The Balaban J connectivity index is 2.26. The first-order valence-corrected chi connectivity index (χ1v) is 11.1. The second kappa shape index (κ2) is 9.28. The van der Waals surface area contributed by atoms with Crippen LogP contribution in [0.15, 0.2) is 42.5 Å². The normalized spacial score (nSPS) is 12.2. The first kappa shape index (κ1) is 22.7. The van der Waals surface area contributed by atoms with Crippen LogP contribution < -0.4 is 9.62 Å². The molecule has 7 nitrogen and oxygen atoms in total. The van der Waals surface area contributed by atoms with Gasteiger partial charge in [-0.1, -0.05) is 17.7 Å². The molecule has 0 fully saturated rings. The highest BCUT2D eigenvalue weighted by Gasteiger charge is 2.30. The molecule has 1 atom stereocenters. The van der Waals surface area contributed by atoms with Gasteiger partial charge in [0.25, 0.3) is 0 Å². The molecule has 0 unspecified atom stereocenters. The Bertz CT molecular complexity index is 1010. The molecule has 2 aromatic carbocycles. The number of sulfonamides is 1. The predicted octanol–water partition coefficient (Wildman–Crippen LogP) is 3.62. The number of esters is 1. The van der Waals surface area contributed by atoms with Gasteiger partial charge in [0.15, 0.2) is 0 Å². The lowest BCUT2D eigenvalue weighted by Gasteiger charge is -2.29. The van der Waals surface area contributed by atoms with Crippen LogP contribution in [0.2, 0.25) is 5.02 Å². The third kappa shape index (κ3) is 5.71. The molecule has 2 rings (SSSR count). The van der Waals surface area contributed by atoms with Gasteiger partial charge in [0.2, 0.25) is 15.9 Å². The molecule has 29 heavy (non-hydrogen) atoms. The van der Waals surface area contributed by atoms with Gasteiger partial charge in [-0.15, -0.1) is 0 Å². The van der Waals surface area contributed by atoms with Crippen molar-refractivity contribution >= 4 is 44.9 Å². The van der Waals surface area contributed by atoms with Gasteiger partial charge in [0, 0.05) is 10.7 Å². The van der Waals surface area contributed by atoms with E-state index in [9.17, 15) is 18.0 Å². The number of amides is 1. The van der Waals surface area contributed by atoms with Crippen LogP contribution in [0.3, 0.4) is 0 Å². The topological polar surface area (TPSA) is 92.8 Å². The van der Waals surface area contributed by atoms with Crippen molar-refractivity contribution < 1.29 is 22.7 Å². The summed E-state index contributed by atoms with van der Waals surface area (Å²) in [5.41, 5.74) is 1.77. The van der Waals surface area contributed by atoms with E-state index in [-0.39, 0.29) is 6.61 Å². The van der Waals surface area contributed by atoms with Gasteiger partial charge in [-0.25, -0.2) is 13.2 Å². The lowest BCUT2D eigenvalue weighted by Crippen LogP contribution is -2.45. The number of nitrogens with one attached hydrogen (secondary N) is 1. The van der Waals surface area contributed by atoms with Crippen LogP contribution in [-0.4, -0.2) is 39.2 Å². The van der Waals surface area contributed by atoms with Gasteiger partial charge in [0.1, 0.15) is 6.04 Å². The minimum atomic E-state index is -3.77. The zero-order valence-electron chi connectivity index (χ0n) is 16.6. The molecule has 0 heterocycles. The molecule has 0 saturated heterocycles. The number of carbonyl (C=O) groups is 2. The summed E-state index contributed by atoms with van der Waals surface area (Å²) >= 11 is 6.03. The summed E-state index contributed by atoms with van der Waals surface area (Å²) in [6.07, 6.45) is 1.03. The first-order chi connectivity index (χ1) is 13.5. The largest absolute Gasteiger partial charge is 0.462 e. The summed E-state index contributed by atoms with van der Waals surface area (Å²) in [5, 5.41) is 3.03. The number of aryl methyl sites for hydroxylation is 1. The molecule has 156 valence electrons. The molecule has 9 heteroatoms. The monoisotopic (exact) mass is 438 g/mol. The van der Waals surface area contributed by atoms with E-state index in [2.05, 4.69) is 5.32 Å². The van der Waals surface area contributed by atoms with Gasteiger partial charge in [-0.05, 0) is 62.7 Å². The van der Waals surface area contributed by atoms with Crippen molar-refractivity contribution in [1.82, 2.24) is 0 Å². The number of carbonyl (C=O) groups excluding carboxylic acids is 2. The highest BCUT2D eigenvalue weighted by molar-refractivity contribution is 7.92. The Morgan fingerprint density at radius 1 is 1.17 bits per heavy atom. The summed E-state index contributed by atoms with van der Waals surface area (Å²) in [7, 11) is -3.77. The Labute approximate surface area is 175 Å². The minimum Gasteiger partial charge on any atom is -0.462 e. The van der Waals surface area contributed by atoms with Crippen LogP contribution in [0.25, 0.3) is 0 Å². The number of anilines is 2. The molecule has 1 amide bonds. The lowest BCUT2D eigenvalue weighted by atomic mass is 10.1. The average Bonchev–Trinajstić information content (AvgIpc) is 2.64. The standard InChI is InChI=1S/C20H23ClN2O5S/c1-5-28-20(25)15-7-10-17(11-8-15)22-19(24)14(3)23(29(4,26)27)18-12-16(21)9-6-13(18)2/h6-12,14H,5H2,1-4H3,(H,22,24)/t14-/m1/s1. The molecule has 0 aliphatic carbocycles. The zero-order chi connectivity index (χ0) is 21.8. The van der Waals surface area contributed by atoms with Crippen LogP contribution >= 0.6 is 11.6 Å². The van der Waals surface area contributed by atoms with E-state index in [1.165, 1.54) is 25.1 Å². The van der Waals surface area contributed by atoms with Crippen molar-refractivity contribution in [1.29, 1.82) is 0 Å². The van der Waals surface area contributed by atoms with Gasteiger partial charge >= 0.3 is 5.97 Å². The van der Waals surface area contributed by atoms with Crippen molar-refractivity contribution in [3.63, 3.8) is 0 Å². The maximum absolute atomic E-state index is 12.7. The van der Waals surface area contributed by atoms with Crippen molar-refractivity contribution in [3.05, 3.63) is 58.6 Å². The van der Waals surface area contributed by atoms with Crippen molar-refractivity contribution in [3.8, 4) is 0 Å². The number of hydrogen-bond acceptors (Lipinski definition) is 5. The number of nitrogens with zero attached hydrogens (tertiary/aromatic N) is 1. The fourth-order valence-electron chi connectivity index (χ4n) is 2.75. The first-order valence-electron chi connectivity index (χ1n) is 8.88. The van der Waals surface area contributed by atoms with Crippen LogP contribution in [0.4, 0.5) is 11.4 Å². The van der Waals surface area contributed by atoms with E-state index in [4.69, 9.17) is 16.3 Å². The second-order valence-electron chi connectivity index (χ2n) is 6.45. The summed E-state index contributed by atoms with van der Waals surface area (Å²) in [4.78, 5) is 24.5. The van der Waals surface area contributed by atoms with E-state index in [1.807, 2.05) is 0 Å². The molecular weight excluding hydrogens is 416 g/mol. The summed E-state index contributed by atoms with van der Waals surface area (Å²) in [6.45, 7) is 5.20. The molecular formula is C20H23ClN2O5S. The van der Waals surface area contributed by atoms with E-state index in [0.29, 0.717) is 27.5 Å². The molecule has 0 aliphatic rings. The summed E-state index contributed by atoms with van der Waals surface area (Å²) in [6, 6.07) is 9.95. The molecule has 0 saturated carbocycles. The molecule has 0 aliphatic heterocycles. The second-order valence-corrected chi connectivity index (χ2v) is 8.75. The van der Waals surface area contributed by atoms with E-state index in [1.54, 1.807) is 38.1 Å². The highest BCUT2D eigenvalue weighted by atomic mass is 35.5. The number of ether oxygens (including phenoxy) is 1. The van der Waals surface area contributed by atoms with Crippen molar-refractivity contribution in [2.45, 2.75) is 26.8 Å². The molecule has 2 aromatic rings. The molecule has 1 N–H and O–H groups in total. The minimum absolute atomic E-state index is 0.263. The van der Waals surface area contributed by atoms with Gasteiger partial charge in [0.05, 0.1) is 24.1 Å². The smallest absolute Gasteiger partial charge is 0.338 e. The quantitative estimate of drug-likeness (QED) is 0.666. The third-order valence-electron chi connectivity index (χ3n) is 4.16. The van der Waals surface area contributed by atoms with Gasteiger partial charge in [-0.3, -0.25) is 9.10 Å². The number of rotatable bonds is 7. The fourth-order valence-corrected chi connectivity index (χ4v) is 4.14. The van der Waals surface area contributed by atoms with Crippen LogP contribution in [0, 0.1) is 6.92 Å². The lowest BCUT2D eigenvalue weighted by molar-refractivity contribution is -0.116. The van der Waals surface area contributed by atoms with Crippen molar-refractivity contribution in [2.75, 3.05) is 22.5 Å². The van der Waals surface area contributed by atoms with Crippen LogP contribution in [0.1, 0.15) is 29.8 Å². The summed E-state index contributed by atoms with van der Waals surface area (Å²) in [5.74, 6) is -0.989. The number of benzene rings is 2. The highest BCUT2D eigenvalue weighted by Crippen LogP contribution is 2.28. The Kier molecular flexibility index (Phi) is 7.26. The van der Waals surface area contributed by atoms with Gasteiger partial charge < -0.3 is 10.1 Å². The average molecular weight is 439 g/mol. The van der Waals surface area contributed by atoms with E-state index >= 15 is 0 Å². The SMILES string of the molecule is CCOC(=O)c1ccc(NC(=O)[C@@H](C)N(c2cc(Cl)ccc2C)S(C)(=O)=O)cc1. The van der Waals surface area contributed by atoms with Crippen LogP contribution in [-0.2, 0) is 19.6 Å². The predicted molar refractivity (Wildman–Crippen MR) is 114 cm³/mol. The molecule has 0 spiro atoms. The zero-order valence-corrected chi connectivity index (χ0v) is 18.2. The van der Waals surface area contributed by atoms with Crippen molar-refractivity contribution in [2.24, 2.45) is 0 Å².